The summed E-state index contributed by atoms with van der Waals surface area (Å²) in [5.41, 5.74) is 0.999. The maximum atomic E-state index is 12.4. The van der Waals surface area contributed by atoms with Gasteiger partial charge < -0.3 is 10.2 Å². The lowest BCUT2D eigenvalue weighted by Gasteiger charge is -2.20. The van der Waals surface area contributed by atoms with E-state index in [1.165, 1.54) is 0 Å². The third-order valence-electron chi connectivity index (χ3n) is 3.93. The molecule has 0 aliphatic carbocycles. The average Bonchev–Trinajstić information content (AvgIpc) is 2.80. The molecule has 1 heterocycles. The number of nitrogens with one attached hydrogen (secondary N) is 1. The molecule has 2 amide bonds. The van der Waals surface area contributed by atoms with Crippen LogP contribution in [0.1, 0.15) is 18.9 Å². The van der Waals surface area contributed by atoms with E-state index >= 15 is 0 Å². The largest absolute Gasteiger partial charge is 0.355 e. The van der Waals surface area contributed by atoms with Gasteiger partial charge in [-0.25, -0.2) is 0 Å². The highest BCUT2D eigenvalue weighted by molar-refractivity contribution is 9.10. The Morgan fingerprint density at radius 2 is 1.92 bits per heavy atom. The molecule has 1 aliphatic heterocycles. The lowest BCUT2D eigenvalue weighted by molar-refractivity contribution is -0.125. The minimum atomic E-state index is 0.0257. The molecule has 1 fully saturated rings. The SMILES string of the molecule is CCNC(=O)CN1CCCN(C(=O)/C=C/c2ccc(Br)cc2)CC1. The highest BCUT2D eigenvalue weighted by Crippen LogP contribution is 2.12. The van der Waals surface area contributed by atoms with Gasteiger partial charge in [0.25, 0.3) is 0 Å². The van der Waals surface area contributed by atoms with Gasteiger partial charge in [0.1, 0.15) is 0 Å². The molecule has 1 saturated heterocycles. The van der Waals surface area contributed by atoms with Gasteiger partial charge in [-0.05, 0) is 37.1 Å². The van der Waals surface area contributed by atoms with Crippen molar-refractivity contribution in [2.75, 3.05) is 39.3 Å². The van der Waals surface area contributed by atoms with E-state index < -0.39 is 0 Å². The molecule has 0 aromatic heterocycles. The maximum Gasteiger partial charge on any atom is 0.246 e. The number of carbonyl (C=O) groups is 2. The Hall–Kier alpha value is -1.66. The Bertz CT molecular complexity index is 586. The summed E-state index contributed by atoms with van der Waals surface area (Å²) >= 11 is 3.40. The second-order valence-electron chi connectivity index (χ2n) is 5.79. The number of nitrogens with zero attached hydrogens (tertiary/aromatic N) is 2. The normalized spacial score (nSPS) is 16.2. The number of hydrogen-bond donors (Lipinski definition) is 1. The van der Waals surface area contributed by atoms with E-state index in [9.17, 15) is 9.59 Å². The Kier molecular flexibility index (Phi) is 7.46. The van der Waals surface area contributed by atoms with Gasteiger partial charge in [0, 0.05) is 43.3 Å². The first-order chi connectivity index (χ1) is 11.6. The van der Waals surface area contributed by atoms with Crippen molar-refractivity contribution in [1.82, 2.24) is 15.1 Å². The van der Waals surface area contributed by atoms with E-state index in [-0.39, 0.29) is 11.8 Å². The van der Waals surface area contributed by atoms with E-state index in [1.54, 1.807) is 6.08 Å². The Morgan fingerprint density at radius 1 is 1.17 bits per heavy atom. The molecule has 2 rings (SSSR count). The van der Waals surface area contributed by atoms with Crippen molar-refractivity contribution in [2.24, 2.45) is 0 Å². The van der Waals surface area contributed by atoms with Crippen LogP contribution in [-0.4, -0.2) is 60.9 Å². The standard InChI is InChI=1S/C18H24BrN3O2/c1-2-20-17(23)14-21-10-3-11-22(13-12-21)18(24)9-6-15-4-7-16(19)8-5-15/h4-9H,2-3,10-14H2,1H3,(H,20,23)/b9-6+. The third-order valence-corrected chi connectivity index (χ3v) is 4.46. The summed E-state index contributed by atoms with van der Waals surface area (Å²) in [5, 5.41) is 2.81. The van der Waals surface area contributed by atoms with Gasteiger partial charge in [-0.3, -0.25) is 14.5 Å². The van der Waals surface area contributed by atoms with Crippen LogP contribution in [0.4, 0.5) is 0 Å². The van der Waals surface area contributed by atoms with Crippen LogP contribution in [0.3, 0.4) is 0 Å². The van der Waals surface area contributed by atoms with Crippen molar-refractivity contribution < 1.29 is 9.59 Å². The minimum absolute atomic E-state index is 0.0257. The van der Waals surface area contributed by atoms with Crippen LogP contribution >= 0.6 is 15.9 Å². The fraction of sp³-hybridized carbons (Fsp3) is 0.444. The van der Waals surface area contributed by atoms with Gasteiger partial charge in [0.15, 0.2) is 0 Å². The van der Waals surface area contributed by atoms with Crippen molar-refractivity contribution in [3.8, 4) is 0 Å². The van der Waals surface area contributed by atoms with Crippen molar-refractivity contribution >= 4 is 33.8 Å². The van der Waals surface area contributed by atoms with Gasteiger partial charge in [-0.1, -0.05) is 28.1 Å². The number of hydrogen-bond acceptors (Lipinski definition) is 3. The third kappa shape index (κ3) is 6.09. The lowest BCUT2D eigenvalue weighted by atomic mass is 10.2. The van der Waals surface area contributed by atoms with Crippen LogP contribution in [0.2, 0.25) is 0 Å². The van der Waals surface area contributed by atoms with Gasteiger partial charge in [0.05, 0.1) is 6.54 Å². The summed E-state index contributed by atoms with van der Waals surface area (Å²) in [6.45, 7) is 5.94. The lowest BCUT2D eigenvalue weighted by Crippen LogP contribution is -2.39. The summed E-state index contributed by atoms with van der Waals surface area (Å²) in [4.78, 5) is 28.0. The minimum Gasteiger partial charge on any atom is -0.355 e. The molecule has 1 N–H and O–H groups in total. The quantitative estimate of drug-likeness (QED) is 0.779. The fourth-order valence-electron chi connectivity index (χ4n) is 2.65. The zero-order valence-corrected chi connectivity index (χ0v) is 15.6. The first-order valence-electron chi connectivity index (χ1n) is 8.30. The Labute approximate surface area is 151 Å². The number of likely N-dealkylation sites (N-methyl/N-ethyl adjacent to an activating group) is 1. The Balaban J connectivity index is 1.85. The molecule has 0 bridgehead atoms. The number of benzene rings is 1. The van der Waals surface area contributed by atoms with E-state index in [2.05, 4.69) is 26.1 Å². The summed E-state index contributed by atoms with van der Waals surface area (Å²) in [7, 11) is 0. The maximum absolute atomic E-state index is 12.4. The molecule has 0 saturated carbocycles. The molecule has 24 heavy (non-hydrogen) atoms. The molecular formula is C18H24BrN3O2. The number of amides is 2. The fourth-order valence-corrected chi connectivity index (χ4v) is 2.92. The second-order valence-corrected chi connectivity index (χ2v) is 6.71. The van der Waals surface area contributed by atoms with E-state index in [0.717, 1.165) is 36.1 Å². The van der Waals surface area contributed by atoms with Crippen molar-refractivity contribution in [1.29, 1.82) is 0 Å². The molecule has 130 valence electrons. The highest BCUT2D eigenvalue weighted by atomic mass is 79.9. The van der Waals surface area contributed by atoms with Gasteiger partial charge >= 0.3 is 0 Å². The monoisotopic (exact) mass is 393 g/mol. The molecule has 0 unspecified atom stereocenters. The number of halogens is 1. The van der Waals surface area contributed by atoms with Crippen LogP contribution in [0.15, 0.2) is 34.8 Å². The summed E-state index contributed by atoms with van der Waals surface area (Å²) < 4.78 is 1.02. The number of carbonyl (C=O) groups excluding carboxylic acids is 2. The summed E-state index contributed by atoms with van der Waals surface area (Å²) in [6, 6.07) is 7.83. The molecule has 0 radical (unpaired) electrons. The average molecular weight is 394 g/mol. The van der Waals surface area contributed by atoms with E-state index in [0.29, 0.717) is 19.6 Å². The van der Waals surface area contributed by atoms with Crippen LogP contribution in [0.5, 0.6) is 0 Å². The van der Waals surface area contributed by atoms with Gasteiger partial charge in [-0.2, -0.15) is 0 Å². The van der Waals surface area contributed by atoms with Crippen LogP contribution in [0, 0.1) is 0 Å². The molecule has 6 heteroatoms. The predicted octanol–water partition coefficient (Wildman–Crippen LogP) is 2.13. The zero-order chi connectivity index (χ0) is 17.4. The first-order valence-corrected chi connectivity index (χ1v) is 9.09. The Morgan fingerprint density at radius 3 is 2.62 bits per heavy atom. The summed E-state index contributed by atoms with van der Waals surface area (Å²) in [5.74, 6) is 0.0742. The molecule has 5 nitrogen and oxygen atoms in total. The van der Waals surface area contributed by atoms with Crippen LogP contribution in [-0.2, 0) is 9.59 Å². The first kappa shape index (κ1) is 18.7. The van der Waals surface area contributed by atoms with E-state index in [1.807, 2.05) is 42.2 Å². The molecular weight excluding hydrogens is 370 g/mol. The molecule has 1 aromatic carbocycles. The predicted molar refractivity (Wildman–Crippen MR) is 99.5 cm³/mol. The highest BCUT2D eigenvalue weighted by Gasteiger charge is 2.18. The zero-order valence-electron chi connectivity index (χ0n) is 14.0. The second kappa shape index (κ2) is 9.59. The van der Waals surface area contributed by atoms with Gasteiger partial charge in [0.2, 0.25) is 11.8 Å². The van der Waals surface area contributed by atoms with Crippen LogP contribution in [0.25, 0.3) is 6.08 Å². The topological polar surface area (TPSA) is 52.7 Å². The van der Waals surface area contributed by atoms with E-state index in [4.69, 9.17) is 0 Å². The van der Waals surface area contributed by atoms with Crippen molar-refractivity contribution in [2.45, 2.75) is 13.3 Å². The molecule has 0 atom stereocenters. The van der Waals surface area contributed by atoms with Crippen LogP contribution < -0.4 is 5.32 Å². The number of rotatable bonds is 5. The molecule has 1 aromatic rings. The van der Waals surface area contributed by atoms with Crippen molar-refractivity contribution in [3.05, 3.63) is 40.4 Å². The van der Waals surface area contributed by atoms with Crippen molar-refractivity contribution in [3.63, 3.8) is 0 Å². The molecule has 1 aliphatic rings. The summed E-state index contributed by atoms with van der Waals surface area (Å²) in [6.07, 6.45) is 4.35. The molecule has 0 spiro atoms. The smallest absolute Gasteiger partial charge is 0.246 e. The van der Waals surface area contributed by atoms with Gasteiger partial charge in [-0.15, -0.1) is 0 Å².